The van der Waals surface area contributed by atoms with E-state index in [1.807, 2.05) is 18.2 Å². The molecule has 2 fully saturated rings. The highest BCUT2D eigenvalue weighted by atomic mass is 32.1. The number of piperidine rings is 1. The van der Waals surface area contributed by atoms with Crippen LogP contribution in [-0.4, -0.2) is 32.9 Å². The molecule has 0 radical (unpaired) electrons. The molecule has 3 atom stereocenters. The molecule has 1 unspecified atom stereocenters. The van der Waals surface area contributed by atoms with Crippen molar-refractivity contribution in [2.75, 3.05) is 0 Å². The van der Waals surface area contributed by atoms with Gasteiger partial charge in [-0.25, -0.2) is 4.98 Å². The van der Waals surface area contributed by atoms with Gasteiger partial charge in [0.1, 0.15) is 11.3 Å². The molecule has 2 aliphatic heterocycles. The smallest absolute Gasteiger partial charge is 0.279 e. The van der Waals surface area contributed by atoms with Gasteiger partial charge in [-0.3, -0.25) is 9.78 Å². The summed E-state index contributed by atoms with van der Waals surface area (Å²) in [5.74, 6) is 1.81. The molecule has 150 valence electrons. The average Bonchev–Trinajstić information content (AvgIpc) is 3.25. The van der Waals surface area contributed by atoms with E-state index >= 15 is 0 Å². The van der Waals surface area contributed by atoms with E-state index < -0.39 is 0 Å². The number of benzene rings is 1. The van der Waals surface area contributed by atoms with Gasteiger partial charge < -0.3 is 9.64 Å². The van der Waals surface area contributed by atoms with Crippen LogP contribution >= 0.6 is 11.3 Å². The summed E-state index contributed by atoms with van der Waals surface area (Å²) in [6, 6.07) is 11.3. The van der Waals surface area contributed by atoms with Gasteiger partial charge in [0.2, 0.25) is 5.91 Å². The van der Waals surface area contributed by atoms with Crippen molar-refractivity contribution in [2.24, 2.45) is 5.92 Å². The number of ether oxygens (including phenoxy) is 1. The molecular formula is C23H25N3O2S. The van der Waals surface area contributed by atoms with Gasteiger partial charge in [-0.1, -0.05) is 23.5 Å². The lowest BCUT2D eigenvalue weighted by molar-refractivity contribution is -0.133. The molecule has 5 rings (SSSR count). The van der Waals surface area contributed by atoms with Gasteiger partial charge in [0.05, 0.1) is 10.9 Å². The number of aryl methyl sites for hydroxylation is 1. The lowest BCUT2D eigenvalue weighted by Crippen LogP contribution is -2.45. The normalized spacial score (nSPS) is 23.5. The first-order chi connectivity index (χ1) is 14.2. The third-order valence-corrected chi connectivity index (χ3v) is 7.25. The second-order valence-electron chi connectivity index (χ2n) is 8.26. The Labute approximate surface area is 174 Å². The highest BCUT2D eigenvalue weighted by Crippen LogP contribution is 2.40. The third kappa shape index (κ3) is 3.86. The molecule has 6 heteroatoms. The monoisotopic (exact) mass is 407 g/mol. The molecular weight excluding hydrogens is 382 g/mol. The van der Waals surface area contributed by atoms with Crippen molar-refractivity contribution < 1.29 is 9.53 Å². The van der Waals surface area contributed by atoms with Gasteiger partial charge in [-0.15, -0.1) is 0 Å². The average molecular weight is 408 g/mol. The maximum atomic E-state index is 11.9. The summed E-state index contributed by atoms with van der Waals surface area (Å²) >= 11 is 1.53. The molecule has 0 saturated carbocycles. The largest absolute Gasteiger partial charge is 0.431 e. The fourth-order valence-corrected chi connectivity index (χ4v) is 5.84. The molecule has 0 spiro atoms. The Morgan fingerprint density at radius 3 is 2.62 bits per heavy atom. The summed E-state index contributed by atoms with van der Waals surface area (Å²) in [5.41, 5.74) is 2.21. The van der Waals surface area contributed by atoms with E-state index in [0.717, 1.165) is 28.3 Å². The van der Waals surface area contributed by atoms with Crippen molar-refractivity contribution in [2.45, 2.75) is 57.5 Å². The van der Waals surface area contributed by atoms with Crippen molar-refractivity contribution in [3.63, 3.8) is 0 Å². The summed E-state index contributed by atoms with van der Waals surface area (Å²) < 4.78 is 7.01. The molecule has 3 aromatic rings. The summed E-state index contributed by atoms with van der Waals surface area (Å²) in [6.07, 6.45) is 10.5. The van der Waals surface area contributed by atoms with E-state index in [9.17, 15) is 4.79 Å². The van der Waals surface area contributed by atoms with E-state index in [1.54, 1.807) is 19.3 Å². The second kappa shape index (κ2) is 7.75. The minimum absolute atomic E-state index is 0.260. The molecule has 4 heterocycles. The molecule has 2 saturated heterocycles. The number of carbonyl (C=O) groups is 1. The van der Waals surface area contributed by atoms with Crippen molar-refractivity contribution >= 4 is 27.5 Å². The van der Waals surface area contributed by atoms with Gasteiger partial charge in [-0.2, -0.15) is 0 Å². The molecule has 1 aromatic carbocycles. The number of fused-ring (bicyclic) bond motifs is 3. The fourth-order valence-electron chi connectivity index (χ4n) is 5.04. The highest BCUT2D eigenvalue weighted by Gasteiger charge is 2.41. The quantitative estimate of drug-likeness (QED) is 0.583. The molecule has 2 bridgehead atoms. The SMILES string of the molecule is CC(=O)N1[C@@H]2CC[C@H]1CC(CCc1ccc(Oc3nc4cnccc4s3)cc1)C2. The van der Waals surface area contributed by atoms with Crippen LogP contribution in [0, 0.1) is 5.92 Å². The van der Waals surface area contributed by atoms with Crippen LogP contribution in [0.3, 0.4) is 0 Å². The highest BCUT2D eigenvalue weighted by molar-refractivity contribution is 7.20. The molecule has 2 aliphatic rings. The maximum absolute atomic E-state index is 11.9. The van der Waals surface area contributed by atoms with E-state index in [-0.39, 0.29) is 5.91 Å². The van der Waals surface area contributed by atoms with Crippen LogP contribution in [0.5, 0.6) is 10.9 Å². The van der Waals surface area contributed by atoms with E-state index in [1.165, 1.54) is 49.0 Å². The van der Waals surface area contributed by atoms with Crippen LogP contribution in [-0.2, 0) is 11.2 Å². The molecule has 0 N–H and O–H groups in total. The zero-order valence-electron chi connectivity index (χ0n) is 16.6. The van der Waals surface area contributed by atoms with Gasteiger partial charge in [-0.05, 0) is 68.2 Å². The fraction of sp³-hybridized carbons (Fsp3) is 0.435. The van der Waals surface area contributed by atoms with Crippen LogP contribution in [0.15, 0.2) is 42.7 Å². The van der Waals surface area contributed by atoms with Gasteiger partial charge in [0.25, 0.3) is 5.19 Å². The second-order valence-corrected chi connectivity index (χ2v) is 9.25. The topological polar surface area (TPSA) is 55.3 Å². The van der Waals surface area contributed by atoms with Crippen LogP contribution in [0.4, 0.5) is 0 Å². The zero-order valence-corrected chi connectivity index (χ0v) is 17.4. The van der Waals surface area contributed by atoms with E-state index in [0.29, 0.717) is 17.3 Å². The molecule has 5 nitrogen and oxygen atoms in total. The number of amides is 1. The zero-order chi connectivity index (χ0) is 19.8. The lowest BCUT2D eigenvalue weighted by atomic mass is 9.86. The van der Waals surface area contributed by atoms with Crippen molar-refractivity contribution in [3.8, 4) is 10.9 Å². The Kier molecular flexibility index (Phi) is 4.96. The number of pyridine rings is 1. The van der Waals surface area contributed by atoms with Crippen LogP contribution in [0.1, 0.15) is 44.6 Å². The Morgan fingerprint density at radius 2 is 1.93 bits per heavy atom. The third-order valence-electron chi connectivity index (χ3n) is 6.33. The number of aromatic nitrogens is 2. The molecule has 1 amide bonds. The predicted octanol–water partition coefficient (Wildman–Crippen LogP) is 5.21. The van der Waals surface area contributed by atoms with Crippen molar-refractivity contribution in [1.29, 1.82) is 0 Å². The number of nitrogens with zero attached hydrogens (tertiary/aromatic N) is 3. The molecule has 0 aliphatic carbocycles. The van der Waals surface area contributed by atoms with Gasteiger partial charge in [0, 0.05) is 25.2 Å². The van der Waals surface area contributed by atoms with Crippen molar-refractivity contribution in [3.05, 3.63) is 48.3 Å². The lowest BCUT2D eigenvalue weighted by Gasteiger charge is -2.38. The minimum atomic E-state index is 0.260. The first kappa shape index (κ1) is 18.6. The standard InChI is InChI=1S/C23H25N3O2S/c1-15(27)26-18-6-7-19(26)13-17(12-18)3-2-16-4-8-20(9-5-16)28-23-25-21-14-24-11-10-22(21)29-23/h4-5,8-11,14,17-19H,2-3,6-7,12-13H2,1H3/t17?,18-,19+. The van der Waals surface area contributed by atoms with E-state index in [2.05, 4.69) is 27.0 Å². The Hall–Kier alpha value is -2.47. The van der Waals surface area contributed by atoms with Crippen LogP contribution < -0.4 is 4.74 Å². The Morgan fingerprint density at radius 1 is 1.17 bits per heavy atom. The Bertz CT molecular complexity index is 969. The number of thiazole rings is 1. The van der Waals surface area contributed by atoms with Crippen LogP contribution in [0.25, 0.3) is 10.2 Å². The number of rotatable bonds is 5. The summed E-state index contributed by atoms with van der Waals surface area (Å²) in [7, 11) is 0. The number of carbonyl (C=O) groups excluding carboxylic acids is 1. The van der Waals surface area contributed by atoms with Gasteiger partial charge in [0.15, 0.2) is 0 Å². The maximum Gasteiger partial charge on any atom is 0.279 e. The molecule has 2 aromatic heterocycles. The summed E-state index contributed by atoms with van der Waals surface area (Å²) in [5, 5.41) is 0.647. The number of hydrogen-bond donors (Lipinski definition) is 0. The van der Waals surface area contributed by atoms with Crippen molar-refractivity contribution in [1.82, 2.24) is 14.9 Å². The minimum Gasteiger partial charge on any atom is -0.431 e. The molecule has 29 heavy (non-hydrogen) atoms. The summed E-state index contributed by atoms with van der Waals surface area (Å²) in [6.45, 7) is 1.72. The summed E-state index contributed by atoms with van der Waals surface area (Å²) in [4.78, 5) is 22.6. The van der Waals surface area contributed by atoms with Gasteiger partial charge >= 0.3 is 0 Å². The van der Waals surface area contributed by atoms with E-state index in [4.69, 9.17) is 4.74 Å². The number of hydrogen-bond acceptors (Lipinski definition) is 5. The van der Waals surface area contributed by atoms with Crippen LogP contribution in [0.2, 0.25) is 0 Å². The first-order valence-electron chi connectivity index (χ1n) is 10.4. The Balaban J connectivity index is 1.17. The first-order valence-corrected chi connectivity index (χ1v) is 11.2. The predicted molar refractivity (Wildman–Crippen MR) is 114 cm³/mol.